The normalized spacial score (nSPS) is 23.8. The van der Waals surface area contributed by atoms with Crippen molar-refractivity contribution < 1.29 is 18.0 Å². The minimum Gasteiger partial charge on any atom is -0.382 e. The molecule has 3 heterocycles. The first-order chi connectivity index (χ1) is 18.0. The summed E-state index contributed by atoms with van der Waals surface area (Å²) in [7, 11) is 0. The maximum absolute atomic E-state index is 13.0. The van der Waals surface area contributed by atoms with Crippen molar-refractivity contribution in [2.24, 2.45) is 4.99 Å². The van der Waals surface area contributed by atoms with Crippen molar-refractivity contribution in [1.29, 1.82) is 0 Å². The minimum atomic E-state index is -4.39. The number of nitrogens with one attached hydrogen (secondary N) is 2. The standard InChI is InChI=1S/C29H42F3N5O/c1-28(2,3)21-6-8-23(9-7-21)34-24-10-14-36(15-11-24)16-12-27(38)37-13-4-5-25(20-37)35-26-17-22(18-33-19-26)29(30,31)32/h6-9,17-18,24-26,34-35H,4-5,10-16,19-20H2,1-3H3/t25-,26?/m0/s1. The van der Waals surface area contributed by atoms with Crippen molar-refractivity contribution in [1.82, 2.24) is 15.1 Å². The zero-order valence-electron chi connectivity index (χ0n) is 22.9. The van der Waals surface area contributed by atoms with E-state index in [1.807, 2.05) is 4.90 Å². The van der Waals surface area contributed by atoms with E-state index in [1.165, 1.54) is 11.6 Å². The zero-order valence-corrected chi connectivity index (χ0v) is 22.9. The number of benzene rings is 1. The van der Waals surface area contributed by atoms with E-state index in [0.29, 0.717) is 25.6 Å². The van der Waals surface area contributed by atoms with Gasteiger partial charge in [-0.2, -0.15) is 13.2 Å². The molecule has 210 valence electrons. The molecule has 3 aliphatic heterocycles. The Morgan fingerprint density at radius 3 is 2.39 bits per heavy atom. The van der Waals surface area contributed by atoms with E-state index < -0.39 is 17.8 Å². The fourth-order valence-electron chi connectivity index (χ4n) is 5.50. The van der Waals surface area contributed by atoms with E-state index in [1.54, 1.807) is 0 Å². The number of nitrogens with zero attached hydrogens (tertiary/aromatic N) is 3. The number of allylic oxidation sites excluding steroid dienone is 1. The van der Waals surface area contributed by atoms with E-state index in [2.05, 4.69) is 65.6 Å². The lowest BCUT2D eigenvalue weighted by Crippen LogP contribution is -2.52. The lowest BCUT2D eigenvalue weighted by molar-refractivity contribution is -0.133. The molecule has 2 atom stereocenters. The molecule has 1 aromatic rings. The Balaban J connectivity index is 1.17. The number of aliphatic imine (C=N–C) groups is 1. The second-order valence-electron chi connectivity index (χ2n) is 11.9. The lowest BCUT2D eigenvalue weighted by atomic mass is 9.87. The van der Waals surface area contributed by atoms with E-state index in [-0.39, 0.29) is 23.9 Å². The first-order valence-electron chi connectivity index (χ1n) is 13.9. The fraction of sp³-hybridized carbons (Fsp3) is 0.655. The predicted molar refractivity (Wildman–Crippen MR) is 147 cm³/mol. The molecule has 2 fully saturated rings. The number of alkyl halides is 3. The monoisotopic (exact) mass is 533 g/mol. The molecule has 0 radical (unpaired) electrons. The maximum Gasteiger partial charge on any atom is 0.417 e. The summed E-state index contributed by atoms with van der Waals surface area (Å²) < 4.78 is 39.1. The van der Waals surface area contributed by atoms with Gasteiger partial charge >= 0.3 is 6.18 Å². The highest BCUT2D eigenvalue weighted by molar-refractivity contribution is 5.81. The van der Waals surface area contributed by atoms with Crippen LogP contribution in [0.25, 0.3) is 0 Å². The van der Waals surface area contributed by atoms with Gasteiger partial charge in [-0.15, -0.1) is 0 Å². The Hall–Kier alpha value is -2.39. The molecule has 0 aliphatic carbocycles. The molecular formula is C29H42F3N5O. The first-order valence-corrected chi connectivity index (χ1v) is 13.9. The third-order valence-electron chi connectivity index (χ3n) is 7.82. The number of piperidine rings is 2. The van der Waals surface area contributed by atoms with Crippen molar-refractivity contribution in [2.45, 2.75) is 82.6 Å². The largest absolute Gasteiger partial charge is 0.417 e. The number of dihydropyridines is 1. The van der Waals surface area contributed by atoms with Gasteiger partial charge in [-0.25, -0.2) is 0 Å². The highest BCUT2D eigenvalue weighted by Gasteiger charge is 2.35. The number of carbonyl (C=O) groups excluding carboxylic acids is 1. The number of halogens is 3. The number of anilines is 1. The number of rotatable bonds is 7. The average molecular weight is 534 g/mol. The van der Waals surface area contributed by atoms with Gasteiger partial charge in [0.1, 0.15) is 0 Å². The molecule has 1 aromatic carbocycles. The van der Waals surface area contributed by atoms with Gasteiger partial charge in [0, 0.05) is 69.2 Å². The number of amides is 1. The van der Waals surface area contributed by atoms with Crippen LogP contribution in [0.15, 0.2) is 40.9 Å². The molecule has 6 nitrogen and oxygen atoms in total. The van der Waals surface area contributed by atoms with Crippen LogP contribution in [0, 0.1) is 0 Å². The van der Waals surface area contributed by atoms with Crippen LogP contribution in [0.3, 0.4) is 0 Å². The van der Waals surface area contributed by atoms with Crippen LogP contribution in [0.5, 0.6) is 0 Å². The lowest BCUT2D eigenvalue weighted by Gasteiger charge is -2.36. The van der Waals surface area contributed by atoms with E-state index in [0.717, 1.165) is 57.2 Å². The quantitative estimate of drug-likeness (QED) is 0.530. The Labute approximate surface area is 224 Å². The summed E-state index contributed by atoms with van der Waals surface area (Å²) in [5, 5.41) is 6.95. The van der Waals surface area contributed by atoms with Gasteiger partial charge in [0.25, 0.3) is 0 Å². The number of hydrogen-bond donors (Lipinski definition) is 2. The topological polar surface area (TPSA) is 60.0 Å². The summed E-state index contributed by atoms with van der Waals surface area (Å²) in [5.41, 5.74) is 1.93. The highest BCUT2D eigenvalue weighted by Crippen LogP contribution is 2.27. The van der Waals surface area contributed by atoms with Crippen LogP contribution in [-0.4, -0.2) is 85.5 Å². The molecular weight excluding hydrogens is 491 g/mol. The zero-order chi connectivity index (χ0) is 27.3. The molecule has 2 N–H and O–H groups in total. The molecule has 0 saturated carbocycles. The van der Waals surface area contributed by atoms with E-state index in [9.17, 15) is 18.0 Å². The van der Waals surface area contributed by atoms with E-state index >= 15 is 0 Å². The molecule has 3 aliphatic rings. The van der Waals surface area contributed by atoms with Gasteiger partial charge in [0.05, 0.1) is 12.1 Å². The van der Waals surface area contributed by atoms with Gasteiger partial charge in [-0.1, -0.05) is 39.0 Å². The number of carbonyl (C=O) groups is 1. The molecule has 4 rings (SSSR count). The molecule has 0 spiro atoms. The molecule has 9 heteroatoms. The summed E-state index contributed by atoms with van der Waals surface area (Å²) in [6, 6.07) is 8.69. The summed E-state index contributed by atoms with van der Waals surface area (Å²) in [6.07, 6.45) is 1.99. The van der Waals surface area contributed by atoms with Crippen LogP contribution < -0.4 is 10.6 Å². The Morgan fingerprint density at radius 1 is 1.03 bits per heavy atom. The second-order valence-corrected chi connectivity index (χ2v) is 11.9. The van der Waals surface area contributed by atoms with E-state index in [4.69, 9.17) is 0 Å². The van der Waals surface area contributed by atoms with Crippen LogP contribution in [0.1, 0.15) is 58.4 Å². The van der Waals surface area contributed by atoms with Crippen LogP contribution in [0.4, 0.5) is 18.9 Å². The Kier molecular flexibility index (Phi) is 9.19. The SMILES string of the molecule is CC(C)(C)c1ccc(NC2CCN(CCC(=O)N3CCC[C@H](NC4C=C(C(F)(F)F)C=NC4)C3)CC2)cc1. The van der Waals surface area contributed by atoms with Crippen LogP contribution >= 0.6 is 0 Å². The van der Waals surface area contributed by atoms with Crippen molar-refractivity contribution in [3.05, 3.63) is 41.5 Å². The van der Waals surface area contributed by atoms with Crippen molar-refractivity contribution in [2.75, 3.05) is 44.6 Å². The highest BCUT2D eigenvalue weighted by atomic mass is 19.4. The smallest absolute Gasteiger partial charge is 0.382 e. The Bertz CT molecular complexity index is 991. The molecule has 2 saturated heterocycles. The third kappa shape index (κ3) is 8.06. The van der Waals surface area contributed by atoms with Crippen LogP contribution in [0.2, 0.25) is 0 Å². The summed E-state index contributed by atoms with van der Waals surface area (Å²) >= 11 is 0. The van der Waals surface area contributed by atoms with Crippen molar-refractivity contribution >= 4 is 17.8 Å². The van der Waals surface area contributed by atoms with Gasteiger partial charge in [0.15, 0.2) is 0 Å². The Morgan fingerprint density at radius 2 is 1.74 bits per heavy atom. The van der Waals surface area contributed by atoms with Crippen molar-refractivity contribution in [3.63, 3.8) is 0 Å². The van der Waals surface area contributed by atoms with Gasteiger partial charge in [-0.3, -0.25) is 9.79 Å². The number of likely N-dealkylation sites (tertiary alicyclic amines) is 2. The van der Waals surface area contributed by atoms with Gasteiger partial charge < -0.3 is 20.4 Å². The molecule has 1 amide bonds. The van der Waals surface area contributed by atoms with Gasteiger partial charge in [0.2, 0.25) is 5.91 Å². The first kappa shape index (κ1) is 28.6. The maximum atomic E-state index is 13.0. The molecule has 0 bridgehead atoms. The average Bonchev–Trinajstić information content (AvgIpc) is 2.88. The fourth-order valence-corrected chi connectivity index (χ4v) is 5.50. The summed E-state index contributed by atoms with van der Waals surface area (Å²) in [4.78, 5) is 21.1. The molecule has 1 unspecified atom stereocenters. The van der Waals surface area contributed by atoms with Crippen molar-refractivity contribution in [3.8, 4) is 0 Å². The molecule has 38 heavy (non-hydrogen) atoms. The summed E-state index contributed by atoms with van der Waals surface area (Å²) in [6.45, 7) is 10.9. The predicted octanol–water partition coefficient (Wildman–Crippen LogP) is 4.77. The molecule has 0 aromatic heterocycles. The number of hydrogen-bond acceptors (Lipinski definition) is 5. The second kappa shape index (κ2) is 12.2. The van der Waals surface area contributed by atoms with Gasteiger partial charge in [-0.05, 0) is 48.8 Å². The third-order valence-corrected chi connectivity index (χ3v) is 7.82. The van der Waals surface area contributed by atoms with Crippen LogP contribution in [-0.2, 0) is 10.2 Å². The summed E-state index contributed by atoms with van der Waals surface area (Å²) in [5.74, 6) is 0.129. The minimum absolute atomic E-state index is 0.0176.